The van der Waals surface area contributed by atoms with Crippen LogP contribution in [0.4, 0.5) is 10.1 Å². The van der Waals surface area contributed by atoms with E-state index in [1.165, 1.54) is 12.1 Å². The van der Waals surface area contributed by atoms with E-state index >= 15 is 0 Å². The second kappa shape index (κ2) is 7.43. The van der Waals surface area contributed by atoms with E-state index in [-0.39, 0.29) is 36.2 Å². The summed E-state index contributed by atoms with van der Waals surface area (Å²) in [4.78, 5) is 13.5. The zero-order chi connectivity index (χ0) is 13.8. The molecule has 1 rings (SSSR count). The molecule has 0 aliphatic rings. The Labute approximate surface area is 119 Å². The molecule has 0 spiro atoms. The summed E-state index contributed by atoms with van der Waals surface area (Å²) in [6.45, 7) is 4.61. The molecule has 1 amide bonds. The van der Waals surface area contributed by atoms with E-state index in [1.807, 2.05) is 25.8 Å². The summed E-state index contributed by atoms with van der Waals surface area (Å²) < 4.78 is 12.9. The summed E-state index contributed by atoms with van der Waals surface area (Å²) in [5.74, 6) is -0.559. The largest absolute Gasteiger partial charge is 0.325 e. The molecule has 0 unspecified atom stereocenters. The van der Waals surface area contributed by atoms with Crippen LogP contribution >= 0.6 is 12.4 Å². The number of carbonyl (C=O) groups excluding carboxylic acids is 1. The second-order valence-electron chi connectivity index (χ2n) is 5.22. The number of nitrogens with two attached hydrogens (primary N) is 1. The quantitative estimate of drug-likeness (QED) is 0.870. The zero-order valence-electron chi connectivity index (χ0n) is 11.4. The highest BCUT2D eigenvalue weighted by molar-refractivity contribution is 5.92. The monoisotopic (exact) mass is 289 g/mol. The number of hydrogen-bond donors (Lipinski definition) is 2. The van der Waals surface area contributed by atoms with Gasteiger partial charge in [0.1, 0.15) is 5.82 Å². The zero-order valence-corrected chi connectivity index (χ0v) is 12.3. The highest BCUT2D eigenvalue weighted by atomic mass is 35.5. The van der Waals surface area contributed by atoms with E-state index in [4.69, 9.17) is 5.73 Å². The molecular formula is C13H21ClFN3O. The van der Waals surface area contributed by atoms with Gasteiger partial charge < -0.3 is 11.1 Å². The van der Waals surface area contributed by atoms with Crippen molar-refractivity contribution in [2.45, 2.75) is 19.4 Å². The van der Waals surface area contributed by atoms with Gasteiger partial charge >= 0.3 is 0 Å². The summed E-state index contributed by atoms with van der Waals surface area (Å²) in [6, 6.07) is 5.81. The van der Waals surface area contributed by atoms with E-state index in [9.17, 15) is 9.18 Å². The Bertz CT molecular complexity index is 421. The van der Waals surface area contributed by atoms with E-state index in [2.05, 4.69) is 5.32 Å². The van der Waals surface area contributed by atoms with Crippen molar-refractivity contribution in [3.8, 4) is 0 Å². The topological polar surface area (TPSA) is 58.4 Å². The number of rotatable bonds is 5. The minimum atomic E-state index is -0.371. The van der Waals surface area contributed by atoms with Gasteiger partial charge in [-0.1, -0.05) is 6.07 Å². The third kappa shape index (κ3) is 7.77. The van der Waals surface area contributed by atoms with Crippen LogP contribution in [0, 0.1) is 5.82 Å². The fourth-order valence-electron chi connectivity index (χ4n) is 1.76. The van der Waals surface area contributed by atoms with E-state index in [0.29, 0.717) is 12.2 Å². The number of hydrogen-bond acceptors (Lipinski definition) is 3. The van der Waals surface area contributed by atoms with Crippen LogP contribution < -0.4 is 11.1 Å². The standard InChI is InChI=1S/C13H20FN3O.ClH/c1-13(2,15)9-17(3)8-12(18)16-11-6-4-5-10(14)7-11;/h4-7H,8-9,15H2,1-3H3,(H,16,18);1H. The minimum absolute atomic E-state index is 0. The third-order valence-electron chi connectivity index (χ3n) is 2.20. The number of anilines is 1. The first-order valence-electron chi connectivity index (χ1n) is 5.79. The Morgan fingerprint density at radius 3 is 2.63 bits per heavy atom. The molecule has 0 bridgehead atoms. The average molecular weight is 290 g/mol. The van der Waals surface area contributed by atoms with Gasteiger partial charge in [-0.2, -0.15) is 0 Å². The van der Waals surface area contributed by atoms with Gasteiger partial charge in [0.05, 0.1) is 6.54 Å². The number of nitrogens with zero attached hydrogens (tertiary/aromatic N) is 1. The maximum atomic E-state index is 12.9. The molecule has 0 aromatic heterocycles. The molecule has 1 aromatic rings. The molecule has 0 fully saturated rings. The van der Waals surface area contributed by atoms with Gasteiger partial charge in [-0.15, -0.1) is 12.4 Å². The Morgan fingerprint density at radius 2 is 2.11 bits per heavy atom. The van der Waals surface area contributed by atoms with E-state index in [1.54, 1.807) is 12.1 Å². The van der Waals surface area contributed by atoms with Crippen molar-refractivity contribution >= 4 is 24.0 Å². The summed E-state index contributed by atoms with van der Waals surface area (Å²) in [5, 5.41) is 2.64. The lowest BCUT2D eigenvalue weighted by Gasteiger charge is -2.25. The van der Waals surface area contributed by atoms with Crippen molar-refractivity contribution in [1.82, 2.24) is 4.90 Å². The number of carbonyl (C=O) groups is 1. The first-order valence-corrected chi connectivity index (χ1v) is 5.79. The predicted octanol–water partition coefficient (Wildman–Crippen LogP) is 1.86. The van der Waals surface area contributed by atoms with Crippen LogP contribution in [0.2, 0.25) is 0 Å². The molecule has 4 nitrogen and oxygen atoms in total. The van der Waals surface area contributed by atoms with E-state index < -0.39 is 0 Å². The van der Waals surface area contributed by atoms with Gasteiger partial charge in [-0.05, 0) is 39.1 Å². The number of amides is 1. The van der Waals surface area contributed by atoms with Crippen molar-refractivity contribution in [3.05, 3.63) is 30.1 Å². The number of nitrogens with one attached hydrogen (secondary N) is 1. The fraction of sp³-hybridized carbons (Fsp3) is 0.462. The highest BCUT2D eigenvalue weighted by Crippen LogP contribution is 2.09. The molecule has 0 atom stereocenters. The van der Waals surface area contributed by atoms with Crippen LogP contribution in [0.3, 0.4) is 0 Å². The van der Waals surface area contributed by atoms with Crippen LogP contribution in [0.5, 0.6) is 0 Å². The maximum absolute atomic E-state index is 12.9. The summed E-state index contributed by atoms with van der Waals surface area (Å²) >= 11 is 0. The molecular weight excluding hydrogens is 269 g/mol. The molecule has 0 radical (unpaired) electrons. The number of halogens is 2. The Morgan fingerprint density at radius 1 is 1.47 bits per heavy atom. The summed E-state index contributed by atoms with van der Waals surface area (Å²) in [6.07, 6.45) is 0. The van der Waals surface area contributed by atoms with Crippen LogP contribution in [-0.2, 0) is 4.79 Å². The number of benzene rings is 1. The van der Waals surface area contributed by atoms with Crippen molar-refractivity contribution < 1.29 is 9.18 Å². The van der Waals surface area contributed by atoms with Gasteiger partial charge in [0.2, 0.25) is 5.91 Å². The van der Waals surface area contributed by atoms with Gasteiger partial charge in [-0.25, -0.2) is 4.39 Å². The van der Waals surface area contributed by atoms with Crippen LogP contribution in [0.15, 0.2) is 24.3 Å². The molecule has 1 aromatic carbocycles. The lowest BCUT2D eigenvalue weighted by Crippen LogP contribution is -2.45. The predicted molar refractivity (Wildman–Crippen MR) is 78.0 cm³/mol. The van der Waals surface area contributed by atoms with Gasteiger partial charge in [-0.3, -0.25) is 9.69 Å². The Hall–Kier alpha value is -1.17. The molecule has 0 aliphatic carbocycles. The minimum Gasteiger partial charge on any atom is -0.325 e. The van der Waals surface area contributed by atoms with Crippen molar-refractivity contribution in [1.29, 1.82) is 0 Å². The van der Waals surface area contributed by atoms with Crippen molar-refractivity contribution in [2.75, 3.05) is 25.5 Å². The number of likely N-dealkylation sites (N-methyl/N-ethyl adjacent to an activating group) is 1. The van der Waals surface area contributed by atoms with Crippen LogP contribution in [0.25, 0.3) is 0 Å². The summed E-state index contributed by atoms with van der Waals surface area (Å²) in [7, 11) is 1.82. The first-order chi connectivity index (χ1) is 8.26. The lowest BCUT2D eigenvalue weighted by atomic mass is 10.1. The lowest BCUT2D eigenvalue weighted by molar-refractivity contribution is -0.117. The molecule has 3 N–H and O–H groups in total. The van der Waals surface area contributed by atoms with Gasteiger partial charge in [0, 0.05) is 17.8 Å². The summed E-state index contributed by atoms with van der Waals surface area (Å²) in [5.41, 5.74) is 5.97. The smallest absolute Gasteiger partial charge is 0.238 e. The fourth-order valence-corrected chi connectivity index (χ4v) is 1.76. The molecule has 108 valence electrons. The third-order valence-corrected chi connectivity index (χ3v) is 2.20. The van der Waals surface area contributed by atoms with Crippen LogP contribution in [0.1, 0.15) is 13.8 Å². The van der Waals surface area contributed by atoms with Gasteiger partial charge in [0.25, 0.3) is 0 Å². The first kappa shape index (κ1) is 17.8. The Kier molecular flexibility index (Phi) is 6.97. The van der Waals surface area contributed by atoms with Crippen LogP contribution in [-0.4, -0.2) is 36.5 Å². The molecule has 0 aliphatic heterocycles. The average Bonchev–Trinajstić information content (AvgIpc) is 2.13. The molecule has 0 heterocycles. The highest BCUT2D eigenvalue weighted by Gasteiger charge is 2.15. The van der Waals surface area contributed by atoms with E-state index in [0.717, 1.165) is 0 Å². The van der Waals surface area contributed by atoms with Crippen molar-refractivity contribution in [3.63, 3.8) is 0 Å². The SMILES string of the molecule is CN(CC(=O)Nc1cccc(F)c1)CC(C)(C)N.Cl. The normalized spacial score (nSPS) is 11.1. The molecule has 19 heavy (non-hydrogen) atoms. The molecule has 0 saturated carbocycles. The maximum Gasteiger partial charge on any atom is 0.238 e. The Balaban J connectivity index is 0.00000324. The molecule has 6 heteroatoms. The molecule has 0 saturated heterocycles. The second-order valence-corrected chi connectivity index (χ2v) is 5.22. The van der Waals surface area contributed by atoms with Gasteiger partial charge in [0.15, 0.2) is 0 Å². The van der Waals surface area contributed by atoms with Crippen molar-refractivity contribution in [2.24, 2.45) is 5.73 Å².